The third-order valence-corrected chi connectivity index (χ3v) is 12.0. The largest absolute Gasteiger partial charge is 0.309 e. The molecule has 3 heterocycles. The minimum Gasteiger partial charge on any atom is -0.309 e. The molecule has 5 heteroatoms. The maximum absolute atomic E-state index is 5.19. The van der Waals surface area contributed by atoms with Crippen LogP contribution in [0.15, 0.2) is 224 Å². The summed E-state index contributed by atoms with van der Waals surface area (Å²) in [7, 11) is 0. The fraction of sp³-hybridized carbons (Fsp3) is 0. The van der Waals surface area contributed by atoms with E-state index in [0.717, 1.165) is 50.3 Å². The van der Waals surface area contributed by atoms with Gasteiger partial charge in [0.25, 0.3) is 0 Å². The Morgan fingerprint density at radius 2 is 0.710 bits per heavy atom. The SMILES string of the molecule is c1ccc(-c2cccc(-c3nc(-c4ccccc4)nc(-c4ccccc4-c4ccc(-n5c6ccccc6c6c7c8ccccc8n(-c8ccccc8)c7ccc65)cc4)n3)c2)cc1. The maximum atomic E-state index is 5.19. The van der Waals surface area contributed by atoms with Crippen LogP contribution in [0.2, 0.25) is 0 Å². The fourth-order valence-electron chi connectivity index (χ4n) is 9.18. The van der Waals surface area contributed by atoms with Gasteiger partial charge in [0.2, 0.25) is 0 Å². The van der Waals surface area contributed by atoms with Crippen LogP contribution in [-0.4, -0.2) is 24.1 Å². The van der Waals surface area contributed by atoms with Gasteiger partial charge in [-0.05, 0) is 76.9 Å². The van der Waals surface area contributed by atoms with Crippen LogP contribution in [0.3, 0.4) is 0 Å². The Morgan fingerprint density at radius 3 is 1.34 bits per heavy atom. The molecule has 0 amide bonds. The van der Waals surface area contributed by atoms with Gasteiger partial charge in [0.15, 0.2) is 17.5 Å². The maximum Gasteiger partial charge on any atom is 0.164 e. The Morgan fingerprint density at radius 1 is 0.258 bits per heavy atom. The highest BCUT2D eigenvalue weighted by Crippen LogP contribution is 2.43. The van der Waals surface area contributed by atoms with Crippen molar-refractivity contribution < 1.29 is 0 Å². The average Bonchev–Trinajstić information content (AvgIpc) is 3.88. The fourth-order valence-corrected chi connectivity index (χ4v) is 9.18. The average molecular weight is 792 g/mol. The summed E-state index contributed by atoms with van der Waals surface area (Å²) in [6.45, 7) is 0. The van der Waals surface area contributed by atoms with Crippen LogP contribution in [0, 0.1) is 0 Å². The molecule has 0 radical (unpaired) electrons. The van der Waals surface area contributed by atoms with Gasteiger partial charge in [-0.1, -0.05) is 170 Å². The Balaban J connectivity index is 0.993. The van der Waals surface area contributed by atoms with Gasteiger partial charge >= 0.3 is 0 Å². The first kappa shape index (κ1) is 35.5. The van der Waals surface area contributed by atoms with Crippen molar-refractivity contribution in [3.05, 3.63) is 224 Å². The molecule has 3 aromatic heterocycles. The van der Waals surface area contributed by atoms with Crippen molar-refractivity contribution in [3.8, 4) is 67.8 Å². The monoisotopic (exact) mass is 791 g/mol. The molecule has 0 aliphatic carbocycles. The molecule has 5 nitrogen and oxygen atoms in total. The molecule has 0 bridgehead atoms. The summed E-state index contributed by atoms with van der Waals surface area (Å²) in [5, 5.41) is 4.99. The number of aromatic nitrogens is 5. The molecular formula is C57H37N5. The Bertz CT molecular complexity index is 3610. The quantitative estimate of drug-likeness (QED) is 0.162. The molecule has 12 rings (SSSR count). The summed E-state index contributed by atoms with van der Waals surface area (Å²) in [4.78, 5) is 15.4. The Hall–Kier alpha value is -8.41. The predicted molar refractivity (Wildman–Crippen MR) is 256 cm³/mol. The van der Waals surface area contributed by atoms with Crippen molar-refractivity contribution in [1.82, 2.24) is 24.1 Å². The third-order valence-electron chi connectivity index (χ3n) is 12.0. The lowest BCUT2D eigenvalue weighted by atomic mass is 9.98. The second-order valence-corrected chi connectivity index (χ2v) is 15.6. The van der Waals surface area contributed by atoms with Crippen LogP contribution in [0.25, 0.3) is 111 Å². The van der Waals surface area contributed by atoms with Crippen LogP contribution >= 0.6 is 0 Å². The highest BCUT2D eigenvalue weighted by Gasteiger charge is 2.21. The normalized spacial score (nSPS) is 11.5. The highest BCUT2D eigenvalue weighted by molar-refractivity contribution is 6.28. The van der Waals surface area contributed by atoms with E-state index < -0.39 is 0 Å². The molecule has 290 valence electrons. The van der Waals surface area contributed by atoms with E-state index >= 15 is 0 Å². The third kappa shape index (κ3) is 5.90. The molecule has 0 N–H and O–H groups in total. The number of hydrogen-bond acceptors (Lipinski definition) is 3. The summed E-state index contributed by atoms with van der Waals surface area (Å²) in [5.41, 5.74) is 14.2. The summed E-state index contributed by atoms with van der Waals surface area (Å²) >= 11 is 0. The van der Waals surface area contributed by atoms with E-state index in [2.05, 4.69) is 209 Å². The number of fused-ring (bicyclic) bond motifs is 7. The molecule has 0 fully saturated rings. The number of benzene rings is 9. The second kappa shape index (κ2) is 14.7. The van der Waals surface area contributed by atoms with E-state index in [1.165, 1.54) is 43.6 Å². The zero-order valence-corrected chi connectivity index (χ0v) is 33.6. The molecule has 0 saturated carbocycles. The minimum atomic E-state index is 0.625. The van der Waals surface area contributed by atoms with Crippen molar-refractivity contribution in [3.63, 3.8) is 0 Å². The van der Waals surface area contributed by atoms with E-state index in [1.807, 2.05) is 24.3 Å². The van der Waals surface area contributed by atoms with Gasteiger partial charge in [-0.15, -0.1) is 0 Å². The topological polar surface area (TPSA) is 48.5 Å². The summed E-state index contributed by atoms with van der Waals surface area (Å²) in [6, 6.07) is 79.1. The molecule has 0 saturated heterocycles. The molecule has 0 aliphatic rings. The molecule has 0 unspecified atom stereocenters. The zero-order chi connectivity index (χ0) is 41.0. The summed E-state index contributed by atoms with van der Waals surface area (Å²) in [6.07, 6.45) is 0. The lowest BCUT2D eigenvalue weighted by Crippen LogP contribution is -2.01. The summed E-state index contributed by atoms with van der Waals surface area (Å²) in [5.74, 6) is 1.89. The van der Waals surface area contributed by atoms with Crippen molar-refractivity contribution in [2.24, 2.45) is 0 Å². The zero-order valence-electron chi connectivity index (χ0n) is 33.6. The Labute approximate surface area is 358 Å². The van der Waals surface area contributed by atoms with Crippen LogP contribution in [0.4, 0.5) is 0 Å². The molecule has 0 spiro atoms. The van der Waals surface area contributed by atoms with Crippen molar-refractivity contribution in [2.45, 2.75) is 0 Å². The van der Waals surface area contributed by atoms with Crippen molar-refractivity contribution >= 4 is 43.6 Å². The van der Waals surface area contributed by atoms with E-state index in [9.17, 15) is 0 Å². The van der Waals surface area contributed by atoms with Crippen LogP contribution < -0.4 is 0 Å². The molecule has 9 aromatic carbocycles. The standard InChI is InChI=1S/C57H37N5/c1-4-17-38(18-5-1)41-21-16-22-42(37-41)56-58-55(40-19-6-2-7-20-40)59-57(60-56)46-26-11-10-25-45(46)39-31-33-44(34-32-39)62-50-30-15-13-28-48(50)54-52(62)36-35-51-53(54)47-27-12-14-29-49(47)61(51)43-23-8-3-9-24-43/h1-37H. The predicted octanol–water partition coefficient (Wildman–Crippen LogP) is 14.4. The highest BCUT2D eigenvalue weighted by atomic mass is 15.0. The Kier molecular flexibility index (Phi) is 8.42. The van der Waals surface area contributed by atoms with Gasteiger partial charge < -0.3 is 9.13 Å². The second-order valence-electron chi connectivity index (χ2n) is 15.6. The van der Waals surface area contributed by atoms with Gasteiger partial charge in [-0.25, -0.2) is 15.0 Å². The number of para-hydroxylation sites is 3. The molecule has 0 aliphatic heterocycles. The number of hydrogen-bond donors (Lipinski definition) is 0. The summed E-state index contributed by atoms with van der Waals surface area (Å²) < 4.78 is 4.80. The van der Waals surface area contributed by atoms with Gasteiger partial charge in [0, 0.05) is 49.6 Å². The van der Waals surface area contributed by atoms with E-state index in [-0.39, 0.29) is 0 Å². The first-order valence-electron chi connectivity index (χ1n) is 21.0. The minimum absolute atomic E-state index is 0.625. The first-order valence-corrected chi connectivity index (χ1v) is 21.0. The van der Waals surface area contributed by atoms with Crippen LogP contribution in [0.5, 0.6) is 0 Å². The molecule has 0 atom stereocenters. The smallest absolute Gasteiger partial charge is 0.164 e. The van der Waals surface area contributed by atoms with E-state index in [4.69, 9.17) is 15.0 Å². The van der Waals surface area contributed by atoms with Gasteiger partial charge in [-0.2, -0.15) is 0 Å². The van der Waals surface area contributed by atoms with Gasteiger partial charge in [0.1, 0.15) is 0 Å². The van der Waals surface area contributed by atoms with Crippen LogP contribution in [0.1, 0.15) is 0 Å². The lowest BCUT2D eigenvalue weighted by molar-refractivity contribution is 1.07. The van der Waals surface area contributed by atoms with E-state index in [1.54, 1.807) is 0 Å². The lowest BCUT2D eigenvalue weighted by Gasteiger charge is -2.13. The van der Waals surface area contributed by atoms with Crippen molar-refractivity contribution in [2.75, 3.05) is 0 Å². The van der Waals surface area contributed by atoms with Crippen LogP contribution in [-0.2, 0) is 0 Å². The molecule has 12 aromatic rings. The van der Waals surface area contributed by atoms with Gasteiger partial charge in [-0.3, -0.25) is 0 Å². The molecular weight excluding hydrogens is 755 g/mol. The van der Waals surface area contributed by atoms with Crippen molar-refractivity contribution in [1.29, 1.82) is 0 Å². The van der Waals surface area contributed by atoms with E-state index in [0.29, 0.717) is 17.5 Å². The first-order chi connectivity index (χ1) is 30.8. The number of nitrogens with zero attached hydrogens (tertiary/aromatic N) is 5. The van der Waals surface area contributed by atoms with Gasteiger partial charge in [0.05, 0.1) is 22.1 Å². The molecule has 62 heavy (non-hydrogen) atoms. The number of rotatable bonds is 7.